The molecule has 0 fully saturated rings. The van der Waals surface area contributed by atoms with E-state index in [1.54, 1.807) is 24.3 Å². The number of nitriles is 1. The van der Waals surface area contributed by atoms with E-state index in [0.29, 0.717) is 5.56 Å². The molecule has 0 N–H and O–H groups in total. The summed E-state index contributed by atoms with van der Waals surface area (Å²) in [6, 6.07) is 15.6. The monoisotopic (exact) mass is 328 g/mol. The number of hydrogen-bond acceptors (Lipinski definition) is 3. The highest BCUT2D eigenvalue weighted by atomic mass is 79.9. The molecule has 2 aromatic carbocycles. The molecule has 0 saturated heterocycles. The molecule has 0 atom stereocenters. The fourth-order valence-corrected chi connectivity index (χ4v) is 2.18. The summed E-state index contributed by atoms with van der Waals surface area (Å²) >= 11 is 3.39. The second-order valence-electron chi connectivity index (χ2n) is 3.97. The third kappa shape index (κ3) is 2.92. The third-order valence-corrected chi connectivity index (χ3v) is 3.44. The van der Waals surface area contributed by atoms with E-state index in [-0.39, 0.29) is 11.3 Å². The molecule has 0 heterocycles. The number of hydrogen-bond donors (Lipinski definition) is 0. The van der Waals surface area contributed by atoms with Gasteiger partial charge in [-0.3, -0.25) is 10.1 Å². The Kier molecular flexibility index (Phi) is 4.28. The summed E-state index contributed by atoms with van der Waals surface area (Å²) in [4.78, 5) is 10.5. The number of benzene rings is 2. The van der Waals surface area contributed by atoms with Crippen LogP contribution in [0.2, 0.25) is 0 Å². The van der Waals surface area contributed by atoms with Gasteiger partial charge in [0.05, 0.1) is 16.1 Å². The van der Waals surface area contributed by atoms with E-state index in [1.165, 1.54) is 6.07 Å². The molecule has 0 unspecified atom stereocenters. The maximum Gasteiger partial charge on any atom is 0.277 e. The number of nitrogens with zero attached hydrogens (tertiary/aromatic N) is 2. The van der Waals surface area contributed by atoms with Crippen LogP contribution in [0.5, 0.6) is 0 Å². The Labute approximate surface area is 124 Å². The number of para-hydroxylation sites is 1. The Morgan fingerprint density at radius 2 is 1.85 bits per heavy atom. The smallest absolute Gasteiger partial charge is 0.258 e. The van der Waals surface area contributed by atoms with Crippen LogP contribution in [0.1, 0.15) is 11.1 Å². The Morgan fingerprint density at radius 3 is 2.50 bits per heavy atom. The molecule has 0 spiro atoms. The van der Waals surface area contributed by atoms with Crippen molar-refractivity contribution in [2.75, 3.05) is 0 Å². The standard InChI is InChI=1S/C15H9BrN2O2/c16-14-7-3-1-5-11(14)9-12(10-17)13-6-2-4-8-15(13)18(19)20/h1-9H/b12-9+. The number of halogens is 1. The summed E-state index contributed by atoms with van der Waals surface area (Å²) in [7, 11) is 0. The second kappa shape index (κ2) is 6.13. The normalized spacial score (nSPS) is 10.9. The molecule has 2 rings (SSSR count). The summed E-state index contributed by atoms with van der Waals surface area (Å²) in [5.41, 5.74) is 1.29. The molecule has 98 valence electrons. The SMILES string of the molecule is N#C/C(=C\c1ccccc1Br)c1ccccc1[N+](=O)[O-]. The lowest BCUT2D eigenvalue weighted by atomic mass is 10.0. The predicted octanol–water partition coefficient (Wildman–Crippen LogP) is 4.42. The van der Waals surface area contributed by atoms with Crippen molar-refractivity contribution in [1.29, 1.82) is 5.26 Å². The van der Waals surface area contributed by atoms with Gasteiger partial charge in [0.25, 0.3) is 5.69 Å². The Hall–Kier alpha value is -2.45. The lowest BCUT2D eigenvalue weighted by molar-refractivity contribution is -0.385. The summed E-state index contributed by atoms with van der Waals surface area (Å²) < 4.78 is 0.825. The topological polar surface area (TPSA) is 66.9 Å². The van der Waals surface area contributed by atoms with Gasteiger partial charge >= 0.3 is 0 Å². The summed E-state index contributed by atoms with van der Waals surface area (Å²) in [6.07, 6.45) is 1.63. The van der Waals surface area contributed by atoms with E-state index >= 15 is 0 Å². The van der Waals surface area contributed by atoms with Crippen LogP contribution in [0, 0.1) is 21.4 Å². The molecule has 0 saturated carbocycles. The molecule has 20 heavy (non-hydrogen) atoms. The van der Waals surface area contributed by atoms with Crippen molar-refractivity contribution in [3.63, 3.8) is 0 Å². The van der Waals surface area contributed by atoms with Crippen molar-refractivity contribution in [3.05, 3.63) is 74.2 Å². The average molecular weight is 329 g/mol. The average Bonchev–Trinajstić information content (AvgIpc) is 2.46. The first kappa shape index (κ1) is 14.0. The highest BCUT2D eigenvalue weighted by Crippen LogP contribution is 2.28. The minimum atomic E-state index is -0.486. The minimum Gasteiger partial charge on any atom is -0.258 e. The molecule has 0 bridgehead atoms. The quantitative estimate of drug-likeness (QED) is 0.362. The zero-order chi connectivity index (χ0) is 14.5. The van der Waals surface area contributed by atoms with Crippen molar-refractivity contribution < 1.29 is 4.92 Å². The van der Waals surface area contributed by atoms with Gasteiger partial charge < -0.3 is 0 Å². The summed E-state index contributed by atoms with van der Waals surface area (Å²) in [5.74, 6) is 0. The summed E-state index contributed by atoms with van der Waals surface area (Å²) in [6.45, 7) is 0. The molecule has 0 aliphatic rings. The molecule has 4 nitrogen and oxygen atoms in total. The van der Waals surface area contributed by atoms with Crippen LogP contribution in [0.3, 0.4) is 0 Å². The Balaban J connectivity index is 2.58. The maximum atomic E-state index is 11.0. The molecule has 0 aliphatic heterocycles. The van der Waals surface area contributed by atoms with Crippen molar-refractivity contribution in [1.82, 2.24) is 0 Å². The van der Waals surface area contributed by atoms with Crippen LogP contribution in [0.15, 0.2) is 53.0 Å². The number of allylic oxidation sites excluding steroid dienone is 1. The number of nitro groups is 1. The first-order chi connectivity index (χ1) is 9.63. The lowest BCUT2D eigenvalue weighted by Gasteiger charge is -2.02. The van der Waals surface area contributed by atoms with Crippen molar-refractivity contribution >= 4 is 33.3 Å². The number of rotatable bonds is 3. The van der Waals surface area contributed by atoms with E-state index in [2.05, 4.69) is 15.9 Å². The van der Waals surface area contributed by atoms with Crippen molar-refractivity contribution in [2.24, 2.45) is 0 Å². The molecule has 5 heteroatoms. The van der Waals surface area contributed by atoms with Crippen LogP contribution in [0.25, 0.3) is 11.6 Å². The zero-order valence-corrected chi connectivity index (χ0v) is 11.9. The molecular weight excluding hydrogens is 320 g/mol. The maximum absolute atomic E-state index is 11.0. The molecule has 2 aromatic rings. The minimum absolute atomic E-state index is 0.0765. The van der Waals surface area contributed by atoms with Gasteiger partial charge in [-0.2, -0.15) is 5.26 Å². The number of nitro benzene ring substituents is 1. The largest absolute Gasteiger partial charge is 0.277 e. The Morgan fingerprint density at radius 1 is 1.20 bits per heavy atom. The van der Waals surface area contributed by atoms with Gasteiger partial charge in [-0.15, -0.1) is 0 Å². The van der Waals surface area contributed by atoms with Crippen LogP contribution in [0.4, 0.5) is 5.69 Å². The molecular formula is C15H9BrN2O2. The van der Waals surface area contributed by atoms with E-state index in [4.69, 9.17) is 0 Å². The molecule has 0 aromatic heterocycles. The van der Waals surface area contributed by atoms with Gasteiger partial charge in [-0.1, -0.05) is 46.3 Å². The highest BCUT2D eigenvalue weighted by molar-refractivity contribution is 9.10. The van der Waals surface area contributed by atoms with E-state index in [1.807, 2.05) is 30.3 Å². The fraction of sp³-hybridized carbons (Fsp3) is 0. The van der Waals surface area contributed by atoms with Crippen LogP contribution < -0.4 is 0 Å². The first-order valence-corrected chi connectivity index (χ1v) is 6.53. The van der Waals surface area contributed by atoms with Crippen LogP contribution in [-0.2, 0) is 0 Å². The van der Waals surface area contributed by atoms with Gasteiger partial charge in [0.1, 0.15) is 6.07 Å². The van der Waals surface area contributed by atoms with Gasteiger partial charge in [-0.05, 0) is 23.8 Å². The van der Waals surface area contributed by atoms with Gasteiger partial charge in [0.15, 0.2) is 0 Å². The third-order valence-electron chi connectivity index (χ3n) is 2.72. The fourth-order valence-electron chi connectivity index (χ4n) is 1.78. The lowest BCUT2D eigenvalue weighted by Crippen LogP contribution is -1.94. The Bertz CT molecular complexity index is 733. The van der Waals surface area contributed by atoms with E-state index < -0.39 is 4.92 Å². The van der Waals surface area contributed by atoms with E-state index in [9.17, 15) is 15.4 Å². The molecule has 0 radical (unpaired) electrons. The summed E-state index contributed by atoms with van der Waals surface area (Å²) in [5, 5.41) is 20.3. The van der Waals surface area contributed by atoms with Gasteiger partial charge in [-0.25, -0.2) is 0 Å². The van der Waals surface area contributed by atoms with Crippen LogP contribution >= 0.6 is 15.9 Å². The molecule has 0 amide bonds. The second-order valence-corrected chi connectivity index (χ2v) is 4.82. The highest BCUT2D eigenvalue weighted by Gasteiger charge is 2.16. The predicted molar refractivity (Wildman–Crippen MR) is 80.7 cm³/mol. The first-order valence-electron chi connectivity index (χ1n) is 5.73. The van der Waals surface area contributed by atoms with Gasteiger partial charge in [0.2, 0.25) is 0 Å². The van der Waals surface area contributed by atoms with Crippen molar-refractivity contribution in [2.45, 2.75) is 0 Å². The van der Waals surface area contributed by atoms with Gasteiger partial charge in [0, 0.05) is 10.5 Å². The zero-order valence-electron chi connectivity index (χ0n) is 10.3. The van der Waals surface area contributed by atoms with Crippen LogP contribution in [-0.4, -0.2) is 4.92 Å². The molecule has 0 aliphatic carbocycles. The van der Waals surface area contributed by atoms with E-state index in [0.717, 1.165) is 10.0 Å². The van der Waals surface area contributed by atoms with Crippen molar-refractivity contribution in [3.8, 4) is 6.07 Å².